The van der Waals surface area contributed by atoms with Gasteiger partial charge in [-0.15, -0.1) is 0 Å². The number of nitrogens with one attached hydrogen (secondary N) is 1. The van der Waals surface area contributed by atoms with E-state index in [1.165, 1.54) is 16.7 Å². The summed E-state index contributed by atoms with van der Waals surface area (Å²) >= 11 is 3.17. The van der Waals surface area contributed by atoms with Crippen LogP contribution < -0.4 is 10.9 Å². The lowest BCUT2D eigenvalue weighted by atomic mass is 9.97. The van der Waals surface area contributed by atoms with E-state index in [9.17, 15) is 23.9 Å². The Hall–Kier alpha value is -2.68. The van der Waals surface area contributed by atoms with E-state index in [2.05, 4.69) is 21.2 Å². The molecule has 150 valence electrons. The first-order chi connectivity index (χ1) is 13.0. The molecule has 7 nitrogen and oxygen atoms in total. The number of aliphatic carboxylic acids is 1. The molecule has 0 saturated carbocycles. The van der Waals surface area contributed by atoms with Crippen LogP contribution >= 0.6 is 15.9 Å². The van der Waals surface area contributed by atoms with Crippen LogP contribution in [0.3, 0.4) is 0 Å². The SMILES string of the molecule is Cc1c(C(C)C)c(O)c(C(=O)NCC(=O)O)c(=O)n1Cc1ccc(Br)cc1F. The second-order valence-electron chi connectivity index (χ2n) is 6.58. The van der Waals surface area contributed by atoms with Crippen molar-refractivity contribution < 1.29 is 24.2 Å². The minimum atomic E-state index is -1.29. The van der Waals surface area contributed by atoms with Crippen LogP contribution in [-0.2, 0) is 11.3 Å². The van der Waals surface area contributed by atoms with Crippen LogP contribution in [0, 0.1) is 12.7 Å². The van der Waals surface area contributed by atoms with E-state index < -0.39 is 41.1 Å². The Kier molecular flexibility index (Phi) is 6.60. The number of rotatable bonds is 6. The van der Waals surface area contributed by atoms with Gasteiger partial charge in [-0.3, -0.25) is 14.4 Å². The van der Waals surface area contributed by atoms with Gasteiger partial charge in [0.15, 0.2) is 0 Å². The van der Waals surface area contributed by atoms with Crippen LogP contribution in [0.5, 0.6) is 5.75 Å². The first kappa shape index (κ1) is 21.6. The van der Waals surface area contributed by atoms with Gasteiger partial charge in [-0.25, -0.2) is 4.39 Å². The fraction of sp³-hybridized carbons (Fsp3) is 0.316. The lowest BCUT2D eigenvalue weighted by Gasteiger charge is -2.20. The van der Waals surface area contributed by atoms with Gasteiger partial charge in [0.05, 0.1) is 6.54 Å². The molecule has 0 spiro atoms. The Bertz CT molecular complexity index is 1000. The van der Waals surface area contributed by atoms with Crippen LogP contribution in [0.4, 0.5) is 4.39 Å². The molecule has 1 heterocycles. The summed E-state index contributed by atoms with van der Waals surface area (Å²) in [7, 11) is 0. The van der Waals surface area contributed by atoms with Crippen LogP contribution in [-0.4, -0.2) is 33.2 Å². The maximum absolute atomic E-state index is 14.3. The molecule has 0 radical (unpaired) electrons. The molecule has 0 bridgehead atoms. The molecular weight excluding hydrogens is 435 g/mol. The van der Waals surface area contributed by atoms with Crippen molar-refractivity contribution in [1.82, 2.24) is 9.88 Å². The Morgan fingerprint density at radius 3 is 2.50 bits per heavy atom. The van der Waals surface area contributed by atoms with Crippen molar-refractivity contribution in [2.45, 2.75) is 33.2 Å². The van der Waals surface area contributed by atoms with E-state index >= 15 is 0 Å². The molecular formula is C19H20BrFN2O5. The predicted octanol–water partition coefficient (Wildman–Crippen LogP) is 2.75. The number of amides is 1. The van der Waals surface area contributed by atoms with E-state index in [-0.39, 0.29) is 18.0 Å². The van der Waals surface area contributed by atoms with Crippen molar-refractivity contribution in [3.8, 4) is 5.75 Å². The maximum Gasteiger partial charge on any atom is 0.322 e. The summed E-state index contributed by atoms with van der Waals surface area (Å²) in [6.45, 7) is 4.30. The Labute approximate surface area is 168 Å². The molecule has 0 aliphatic rings. The summed E-state index contributed by atoms with van der Waals surface area (Å²) < 4.78 is 16.0. The first-order valence-electron chi connectivity index (χ1n) is 8.44. The van der Waals surface area contributed by atoms with Crippen molar-refractivity contribution in [2.75, 3.05) is 6.54 Å². The van der Waals surface area contributed by atoms with Gasteiger partial charge in [-0.1, -0.05) is 35.8 Å². The molecule has 1 amide bonds. The highest BCUT2D eigenvalue weighted by Gasteiger charge is 2.26. The van der Waals surface area contributed by atoms with Crippen molar-refractivity contribution in [3.05, 3.63) is 61.2 Å². The smallest absolute Gasteiger partial charge is 0.322 e. The van der Waals surface area contributed by atoms with Crippen molar-refractivity contribution in [1.29, 1.82) is 0 Å². The van der Waals surface area contributed by atoms with Crippen molar-refractivity contribution in [3.63, 3.8) is 0 Å². The highest BCUT2D eigenvalue weighted by Crippen LogP contribution is 2.30. The van der Waals surface area contributed by atoms with Crippen LogP contribution in [0.1, 0.15) is 46.9 Å². The average Bonchev–Trinajstić information content (AvgIpc) is 2.58. The minimum absolute atomic E-state index is 0.150. The summed E-state index contributed by atoms with van der Waals surface area (Å²) in [5, 5.41) is 21.4. The number of nitrogens with zero attached hydrogens (tertiary/aromatic N) is 1. The zero-order chi connectivity index (χ0) is 21.2. The molecule has 2 aromatic rings. The summed E-state index contributed by atoms with van der Waals surface area (Å²) in [6.07, 6.45) is 0. The van der Waals surface area contributed by atoms with E-state index in [0.717, 1.165) is 0 Å². The van der Waals surface area contributed by atoms with Gasteiger partial charge in [0, 0.05) is 21.3 Å². The number of halogens is 2. The molecule has 0 unspecified atom stereocenters. The zero-order valence-electron chi connectivity index (χ0n) is 15.5. The standard InChI is InChI=1S/C19H20BrFN2O5/c1-9(2)15-10(3)23(8-11-4-5-12(20)6-13(11)21)19(28)16(17(15)26)18(27)22-7-14(24)25/h4-6,9,26H,7-8H2,1-3H3,(H,22,27)(H,24,25). The van der Waals surface area contributed by atoms with Gasteiger partial charge in [0.25, 0.3) is 11.5 Å². The van der Waals surface area contributed by atoms with Gasteiger partial charge in [0.1, 0.15) is 23.7 Å². The number of carbonyl (C=O) groups is 2. The van der Waals surface area contributed by atoms with Crippen molar-refractivity contribution in [2.24, 2.45) is 0 Å². The number of benzene rings is 1. The van der Waals surface area contributed by atoms with E-state index in [0.29, 0.717) is 15.7 Å². The van der Waals surface area contributed by atoms with E-state index in [4.69, 9.17) is 5.11 Å². The summed E-state index contributed by atoms with van der Waals surface area (Å²) in [5.41, 5.74) is -0.407. The molecule has 0 fully saturated rings. The summed E-state index contributed by atoms with van der Waals surface area (Å²) in [5.74, 6) is -3.56. The molecule has 0 aliphatic carbocycles. The Morgan fingerprint density at radius 2 is 1.96 bits per heavy atom. The quantitative estimate of drug-likeness (QED) is 0.621. The third-order valence-electron chi connectivity index (χ3n) is 4.29. The molecule has 2 rings (SSSR count). The monoisotopic (exact) mass is 454 g/mol. The third kappa shape index (κ3) is 4.41. The topological polar surface area (TPSA) is 109 Å². The molecule has 1 aromatic carbocycles. The normalized spacial score (nSPS) is 10.9. The lowest BCUT2D eigenvalue weighted by molar-refractivity contribution is -0.135. The largest absolute Gasteiger partial charge is 0.507 e. The fourth-order valence-corrected chi connectivity index (χ4v) is 3.32. The summed E-state index contributed by atoms with van der Waals surface area (Å²) in [6, 6.07) is 4.40. The van der Waals surface area contributed by atoms with Gasteiger partial charge < -0.3 is 20.1 Å². The molecule has 28 heavy (non-hydrogen) atoms. The van der Waals surface area contributed by atoms with Crippen LogP contribution in [0.25, 0.3) is 0 Å². The Morgan fingerprint density at radius 1 is 1.32 bits per heavy atom. The molecule has 9 heteroatoms. The van der Waals surface area contributed by atoms with Gasteiger partial charge in [-0.2, -0.15) is 0 Å². The van der Waals surface area contributed by atoms with Gasteiger partial charge in [-0.05, 0) is 25.0 Å². The number of aromatic hydroxyl groups is 1. The number of pyridine rings is 1. The number of carboxylic acids is 1. The Balaban J connectivity index is 2.66. The number of hydrogen-bond donors (Lipinski definition) is 3. The predicted molar refractivity (Wildman–Crippen MR) is 104 cm³/mol. The van der Waals surface area contributed by atoms with Gasteiger partial charge in [0.2, 0.25) is 0 Å². The molecule has 0 atom stereocenters. The number of carboxylic acid groups (broad SMARTS) is 1. The molecule has 3 N–H and O–H groups in total. The minimum Gasteiger partial charge on any atom is -0.507 e. The molecule has 0 saturated heterocycles. The lowest BCUT2D eigenvalue weighted by Crippen LogP contribution is -2.37. The number of hydrogen-bond acceptors (Lipinski definition) is 4. The van der Waals surface area contributed by atoms with Crippen molar-refractivity contribution >= 4 is 27.8 Å². The summed E-state index contributed by atoms with van der Waals surface area (Å²) in [4.78, 5) is 36.0. The number of carbonyl (C=O) groups excluding carboxylic acids is 1. The zero-order valence-corrected chi connectivity index (χ0v) is 17.1. The third-order valence-corrected chi connectivity index (χ3v) is 4.79. The average molecular weight is 455 g/mol. The second kappa shape index (κ2) is 8.55. The van der Waals surface area contributed by atoms with Gasteiger partial charge >= 0.3 is 5.97 Å². The highest BCUT2D eigenvalue weighted by atomic mass is 79.9. The second-order valence-corrected chi connectivity index (χ2v) is 7.50. The van der Waals surface area contributed by atoms with Crippen LogP contribution in [0.2, 0.25) is 0 Å². The van der Waals surface area contributed by atoms with E-state index in [1.807, 2.05) is 0 Å². The van der Waals surface area contributed by atoms with Crippen LogP contribution in [0.15, 0.2) is 27.5 Å². The van der Waals surface area contributed by atoms with E-state index in [1.54, 1.807) is 26.8 Å². The maximum atomic E-state index is 14.3. The molecule has 1 aromatic heterocycles. The molecule has 0 aliphatic heterocycles. The number of aromatic nitrogens is 1. The highest BCUT2D eigenvalue weighted by molar-refractivity contribution is 9.10. The fourth-order valence-electron chi connectivity index (χ4n) is 2.99. The first-order valence-corrected chi connectivity index (χ1v) is 9.24.